The molecule has 0 saturated heterocycles. The first kappa shape index (κ1) is 18.0. The third-order valence-electron chi connectivity index (χ3n) is 4.04. The highest BCUT2D eigenvalue weighted by atomic mass is 35.5. The second kappa shape index (κ2) is 8.56. The highest BCUT2D eigenvalue weighted by molar-refractivity contribution is 6.30. The molecule has 3 aromatic rings. The highest BCUT2D eigenvalue weighted by Gasteiger charge is 2.26. The van der Waals surface area contributed by atoms with Crippen LogP contribution >= 0.6 is 11.6 Å². The van der Waals surface area contributed by atoms with Gasteiger partial charge in [-0.1, -0.05) is 29.8 Å². The molecule has 0 fully saturated rings. The summed E-state index contributed by atoms with van der Waals surface area (Å²) in [6, 6.07) is 14.3. The van der Waals surface area contributed by atoms with Crippen molar-refractivity contribution < 1.29 is 4.79 Å². The summed E-state index contributed by atoms with van der Waals surface area (Å²) in [5.41, 5.74) is 8.58. The topological polar surface area (TPSA) is 72.1 Å². The van der Waals surface area contributed by atoms with E-state index in [9.17, 15) is 4.79 Å². The van der Waals surface area contributed by atoms with Crippen molar-refractivity contribution in [3.8, 4) is 0 Å². The zero-order valence-corrected chi connectivity index (χ0v) is 14.9. The van der Waals surface area contributed by atoms with Crippen LogP contribution in [0.3, 0.4) is 0 Å². The predicted octanol–water partition coefficient (Wildman–Crippen LogP) is 3.36. The Labute approximate surface area is 157 Å². The smallest absolute Gasteiger partial charge is 0.239 e. The van der Waals surface area contributed by atoms with Gasteiger partial charge in [0.1, 0.15) is 6.04 Å². The zero-order chi connectivity index (χ0) is 18.4. The van der Waals surface area contributed by atoms with Crippen LogP contribution in [-0.2, 0) is 17.9 Å². The van der Waals surface area contributed by atoms with Crippen LogP contribution in [0.15, 0.2) is 73.3 Å². The molecule has 0 radical (unpaired) electrons. The van der Waals surface area contributed by atoms with Gasteiger partial charge in [0.15, 0.2) is 0 Å². The molecule has 0 saturated carbocycles. The number of benzene rings is 1. The van der Waals surface area contributed by atoms with Crippen molar-refractivity contribution in [3.05, 3.63) is 95.0 Å². The second-order valence-corrected chi connectivity index (χ2v) is 6.42. The summed E-state index contributed by atoms with van der Waals surface area (Å²) in [5, 5.41) is 0.569. The van der Waals surface area contributed by atoms with Gasteiger partial charge in [-0.25, -0.2) is 0 Å². The Morgan fingerprint density at radius 3 is 2.42 bits per heavy atom. The molecule has 1 unspecified atom stereocenters. The number of hydrogen-bond acceptors (Lipinski definition) is 4. The summed E-state index contributed by atoms with van der Waals surface area (Å²) < 4.78 is 0. The van der Waals surface area contributed by atoms with Gasteiger partial charge in [0, 0.05) is 42.9 Å². The molecule has 2 heterocycles. The molecule has 0 spiro atoms. The number of hydrogen-bond donors (Lipinski definition) is 1. The van der Waals surface area contributed by atoms with E-state index in [0.717, 1.165) is 16.7 Å². The quantitative estimate of drug-likeness (QED) is 0.696. The summed E-state index contributed by atoms with van der Waals surface area (Å²) in [4.78, 5) is 22.6. The number of primary amides is 1. The van der Waals surface area contributed by atoms with Gasteiger partial charge in [-0.2, -0.15) is 0 Å². The molecule has 0 aliphatic carbocycles. The number of amides is 1. The van der Waals surface area contributed by atoms with Gasteiger partial charge in [0.25, 0.3) is 0 Å². The Kier molecular flexibility index (Phi) is 5.94. The van der Waals surface area contributed by atoms with Crippen molar-refractivity contribution in [2.24, 2.45) is 5.73 Å². The lowest BCUT2D eigenvalue weighted by Crippen LogP contribution is -2.37. The van der Waals surface area contributed by atoms with Crippen LogP contribution in [-0.4, -0.2) is 20.8 Å². The number of carbonyl (C=O) groups excluding carboxylic acids is 1. The van der Waals surface area contributed by atoms with Gasteiger partial charge in [-0.05, 0) is 47.0 Å². The highest BCUT2D eigenvalue weighted by Crippen LogP contribution is 2.26. The Morgan fingerprint density at radius 2 is 1.77 bits per heavy atom. The molecule has 1 aromatic carbocycles. The first-order valence-electron chi connectivity index (χ1n) is 8.20. The number of halogens is 1. The van der Waals surface area contributed by atoms with Gasteiger partial charge < -0.3 is 5.73 Å². The minimum Gasteiger partial charge on any atom is -0.368 e. The molecule has 5 nitrogen and oxygen atoms in total. The third kappa shape index (κ3) is 4.65. The van der Waals surface area contributed by atoms with Gasteiger partial charge in [-0.3, -0.25) is 19.7 Å². The Bertz CT molecular complexity index is 816. The van der Waals surface area contributed by atoms with E-state index in [1.54, 1.807) is 36.9 Å². The maximum absolute atomic E-state index is 12.3. The van der Waals surface area contributed by atoms with Crippen LogP contribution in [0.2, 0.25) is 5.02 Å². The number of nitrogens with zero attached hydrogens (tertiary/aromatic N) is 3. The second-order valence-electron chi connectivity index (χ2n) is 5.98. The number of carbonyl (C=O) groups is 1. The minimum atomic E-state index is -0.609. The fraction of sp³-hybridized carbons (Fsp3) is 0.150. The molecular formula is C20H19ClN4O. The Hall–Kier alpha value is -2.76. The molecular weight excluding hydrogens is 348 g/mol. The summed E-state index contributed by atoms with van der Waals surface area (Å²) in [6.07, 6.45) is 6.97. The first-order valence-corrected chi connectivity index (χ1v) is 8.58. The summed E-state index contributed by atoms with van der Waals surface area (Å²) in [7, 11) is 0. The minimum absolute atomic E-state index is 0.426. The molecule has 132 valence electrons. The monoisotopic (exact) mass is 366 g/mol. The van der Waals surface area contributed by atoms with E-state index >= 15 is 0 Å². The molecule has 1 atom stereocenters. The molecule has 26 heavy (non-hydrogen) atoms. The van der Waals surface area contributed by atoms with Gasteiger partial charge in [0.2, 0.25) is 5.91 Å². The lowest BCUT2D eigenvalue weighted by atomic mass is 10.0. The van der Waals surface area contributed by atoms with Crippen molar-refractivity contribution in [2.75, 3.05) is 0 Å². The largest absolute Gasteiger partial charge is 0.368 e. The normalized spacial score (nSPS) is 12.1. The van der Waals surface area contributed by atoms with Crippen LogP contribution in [0, 0.1) is 0 Å². The first-order chi connectivity index (χ1) is 12.6. The standard InChI is InChI=1S/C20H19ClN4O/c21-18-5-1-4-17(11-18)19(20(22)26)25(13-15-6-9-23-10-7-15)14-16-3-2-8-24-12-16/h1-12,19H,13-14H2,(H2,22,26). The average molecular weight is 367 g/mol. The van der Waals surface area contributed by atoms with Crippen molar-refractivity contribution >= 4 is 17.5 Å². The van der Waals surface area contributed by atoms with Crippen LogP contribution in [0.4, 0.5) is 0 Å². The SMILES string of the molecule is NC(=O)C(c1cccc(Cl)c1)N(Cc1ccncc1)Cc1cccnc1. The van der Waals surface area contributed by atoms with Crippen LogP contribution < -0.4 is 5.73 Å². The molecule has 0 bridgehead atoms. The van der Waals surface area contributed by atoms with E-state index in [0.29, 0.717) is 18.1 Å². The maximum Gasteiger partial charge on any atom is 0.239 e. The van der Waals surface area contributed by atoms with Gasteiger partial charge in [-0.15, -0.1) is 0 Å². The predicted molar refractivity (Wildman–Crippen MR) is 101 cm³/mol. The van der Waals surface area contributed by atoms with Gasteiger partial charge >= 0.3 is 0 Å². The molecule has 2 N–H and O–H groups in total. The van der Waals surface area contributed by atoms with E-state index in [4.69, 9.17) is 17.3 Å². The molecule has 3 rings (SSSR count). The molecule has 0 aliphatic rings. The van der Waals surface area contributed by atoms with Crippen molar-refractivity contribution in [3.63, 3.8) is 0 Å². The molecule has 2 aromatic heterocycles. The summed E-state index contributed by atoms with van der Waals surface area (Å²) in [6.45, 7) is 1.06. The zero-order valence-electron chi connectivity index (χ0n) is 14.1. The molecule has 6 heteroatoms. The average Bonchev–Trinajstić information content (AvgIpc) is 2.63. The Balaban J connectivity index is 1.97. The van der Waals surface area contributed by atoms with Crippen molar-refractivity contribution in [2.45, 2.75) is 19.1 Å². The van der Waals surface area contributed by atoms with Crippen molar-refractivity contribution in [1.29, 1.82) is 0 Å². The van der Waals surface area contributed by atoms with E-state index < -0.39 is 11.9 Å². The molecule has 1 amide bonds. The summed E-state index contributed by atoms with van der Waals surface area (Å²) >= 11 is 6.13. The number of rotatable bonds is 7. The lowest BCUT2D eigenvalue weighted by Gasteiger charge is -2.30. The third-order valence-corrected chi connectivity index (χ3v) is 4.28. The number of aromatic nitrogens is 2. The fourth-order valence-electron chi connectivity index (χ4n) is 2.92. The Morgan fingerprint density at radius 1 is 1.00 bits per heavy atom. The van der Waals surface area contributed by atoms with Crippen LogP contribution in [0.1, 0.15) is 22.7 Å². The molecule has 0 aliphatic heterocycles. The van der Waals surface area contributed by atoms with E-state index in [1.807, 2.05) is 41.3 Å². The summed E-state index contributed by atoms with van der Waals surface area (Å²) in [5.74, 6) is -0.426. The van der Waals surface area contributed by atoms with Crippen LogP contribution in [0.5, 0.6) is 0 Å². The lowest BCUT2D eigenvalue weighted by molar-refractivity contribution is -0.124. The number of pyridine rings is 2. The van der Waals surface area contributed by atoms with Crippen LogP contribution in [0.25, 0.3) is 0 Å². The van der Waals surface area contributed by atoms with E-state index in [-0.39, 0.29) is 0 Å². The maximum atomic E-state index is 12.3. The van der Waals surface area contributed by atoms with Gasteiger partial charge in [0.05, 0.1) is 0 Å². The van der Waals surface area contributed by atoms with Crippen molar-refractivity contribution in [1.82, 2.24) is 14.9 Å². The number of nitrogens with two attached hydrogens (primary N) is 1. The van der Waals surface area contributed by atoms with E-state index in [2.05, 4.69) is 9.97 Å². The van der Waals surface area contributed by atoms with E-state index in [1.165, 1.54) is 0 Å². The fourth-order valence-corrected chi connectivity index (χ4v) is 3.12.